The fourth-order valence-electron chi connectivity index (χ4n) is 4.54. The third-order valence-corrected chi connectivity index (χ3v) is 6.53. The molecule has 0 N–H and O–H groups in total. The second-order valence-corrected chi connectivity index (χ2v) is 9.52. The molecule has 0 spiro atoms. The largest absolute Gasteiger partial charge is 0.493 e. The number of fused-ring (bicyclic) bond motifs is 1. The zero-order valence-electron chi connectivity index (χ0n) is 22.9. The van der Waals surface area contributed by atoms with Gasteiger partial charge in [-0.1, -0.05) is 42.5 Å². The van der Waals surface area contributed by atoms with Crippen molar-refractivity contribution in [2.75, 3.05) is 7.11 Å². The molecule has 0 fully saturated rings. The molecule has 0 aliphatic rings. The van der Waals surface area contributed by atoms with Crippen LogP contribution in [-0.4, -0.2) is 23.0 Å². The van der Waals surface area contributed by atoms with Crippen molar-refractivity contribution in [3.05, 3.63) is 136 Å². The zero-order chi connectivity index (χ0) is 30.6. The van der Waals surface area contributed by atoms with Crippen LogP contribution in [0.25, 0.3) is 22.3 Å². The number of methoxy groups -OCH3 is 1. The molecule has 5 aromatic rings. The van der Waals surface area contributed by atoms with Gasteiger partial charge in [-0.3, -0.25) is 4.79 Å². The van der Waals surface area contributed by atoms with Gasteiger partial charge in [-0.25, -0.2) is 9.37 Å². The van der Waals surface area contributed by atoms with Crippen molar-refractivity contribution in [3.63, 3.8) is 0 Å². The van der Waals surface area contributed by atoms with Gasteiger partial charge in [0, 0.05) is 11.1 Å². The second kappa shape index (κ2) is 12.3. The Morgan fingerprint density at radius 2 is 1.79 bits per heavy atom. The summed E-state index contributed by atoms with van der Waals surface area (Å²) in [4.78, 5) is 18.0. The van der Waals surface area contributed by atoms with Crippen LogP contribution in [-0.2, 0) is 19.2 Å². The minimum absolute atomic E-state index is 0.0561. The predicted molar refractivity (Wildman–Crippen MR) is 157 cm³/mol. The summed E-state index contributed by atoms with van der Waals surface area (Å²) < 4.78 is 66.7. The second-order valence-electron chi connectivity index (χ2n) is 9.52. The lowest BCUT2D eigenvalue weighted by Crippen LogP contribution is -2.20. The fourth-order valence-corrected chi connectivity index (χ4v) is 4.54. The number of hydrogen-bond donors (Lipinski definition) is 0. The first-order chi connectivity index (χ1) is 20.7. The van der Waals surface area contributed by atoms with E-state index in [-0.39, 0.29) is 29.2 Å². The average molecular weight is 588 g/mol. The van der Waals surface area contributed by atoms with Gasteiger partial charge >= 0.3 is 6.18 Å². The molecule has 0 aliphatic carbocycles. The smallest absolute Gasteiger partial charge is 0.416 e. The maximum Gasteiger partial charge on any atom is 0.416 e. The lowest BCUT2D eigenvalue weighted by atomic mass is 10.1. The van der Waals surface area contributed by atoms with Gasteiger partial charge in [0.15, 0.2) is 17.3 Å². The Balaban J connectivity index is 1.59. The molecule has 1 heterocycles. The molecule has 0 aliphatic heterocycles. The van der Waals surface area contributed by atoms with E-state index in [0.717, 1.165) is 16.8 Å². The molecule has 0 atom stereocenters. The van der Waals surface area contributed by atoms with Crippen LogP contribution in [0.2, 0.25) is 0 Å². The maximum absolute atomic E-state index is 13.7. The summed E-state index contributed by atoms with van der Waals surface area (Å²) in [6, 6.07) is 20.5. The van der Waals surface area contributed by atoms with Gasteiger partial charge in [0.25, 0.3) is 5.56 Å². The van der Waals surface area contributed by atoms with E-state index in [0.29, 0.717) is 40.1 Å². The summed E-state index contributed by atoms with van der Waals surface area (Å²) in [5, 5.41) is 4.63. The summed E-state index contributed by atoms with van der Waals surface area (Å²) in [6.45, 7) is 3.89. The highest BCUT2D eigenvalue weighted by atomic mass is 19.4. The van der Waals surface area contributed by atoms with Gasteiger partial charge in [-0.05, 0) is 66.1 Å². The molecule has 1 aromatic heterocycles. The number of alkyl halides is 3. The number of hydrogen-bond acceptors (Lipinski definition) is 5. The summed E-state index contributed by atoms with van der Waals surface area (Å²) in [5.41, 5.74) is 0.791. The third kappa shape index (κ3) is 6.48. The Hall–Kier alpha value is -5.25. The highest BCUT2D eigenvalue weighted by Gasteiger charge is 2.31. The lowest BCUT2D eigenvalue weighted by Gasteiger charge is -2.16. The minimum Gasteiger partial charge on any atom is -0.493 e. The van der Waals surface area contributed by atoms with Crippen LogP contribution in [0, 0.1) is 5.82 Å². The number of aromatic nitrogens is 2. The Morgan fingerprint density at radius 1 is 1.00 bits per heavy atom. The molecule has 0 unspecified atom stereocenters. The molecule has 5 rings (SSSR count). The van der Waals surface area contributed by atoms with Gasteiger partial charge in [0.1, 0.15) is 12.4 Å². The van der Waals surface area contributed by atoms with E-state index in [1.807, 2.05) is 0 Å². The molecule has 0 saturated heterocycles. The molecule has 43 heavy (non-hydrogen) atoms. The zero-order valence-corrected chi connectivity index (χ0v) is 22.9. The number of allylic oxidation sites excluding steroid dienone is 1. The van der Waals surface area contributed by atoms with E-state index in [1.165, 1.54) is 37.6 Å². The first-order valence-corrected chi connectivity index (χ1v) is 13.1. The quantitative estimate of drug-likeness (QED) is 0.102. The van der Waals surface area contributed by atoms with Crippen molar-refractivity contribution in [1.82, 2.24) is 9.66 Å². The minimum atomic E-state index is -4.59. The van der Waals surface area contributed by atoms with Crippen LogP contribution in [0.15, 0.2) is 107 Å². The maximum atomic E-state index is 13.7. The van der Waals surface area contributed by atoms with Gasteiger partial charge in [0.2, 0.25) is 0 Å². The van der Waals surface area contributed by atoms with Crippen LogP contribution in [0.3, 0.4) is 0 Å². The van der Waals surface area contributed by atoms with Crippen molar-refractivity contribution < 1.29 is 27.0 Å². The number of benzene rings is 4. The SMILES string of the molecule is C=CCc1cc(C=Nn2c(-c3cccc(C(F)(F)F)c3)nc3ccccc3c2=O)cc(OC)c1OCc1cccc(F)c1. The van der Waals surface area contributed by atoms with E-state index in [4.69, 9.17) is 9.47 Å². The van der Waals surface area contributed by atoms with E-state index in [2.05, 4.69) is 16.7 Å². The van der Waals surface area contributed by atoms with E-state index in [1.54, 1.807) is 54.6 Å². The Morgan fingerprint density at radius 3 is 2.53 bits per heavy atom. The molecule has 0 bridgehead atoms. The Labute approximate surface area is 244 Å². The van der Waals surface area contributed by atoms with Crippen LogP contribution >= 0.6 is 0 Å². The first-order valence-electron chi connectivity index (χ1n) is 13.1. The fraction of sp³-hybridized carbons (Fsp3) is 0.121. The molecule has 6 nitrogen and oxygen atoms in total. The number of halogens is 4. The molecule has 218 valence electrons. The molecule has 0 saturated carbocycles. The van der Waals surface area contributed by atoms with Gasteiger partial charge in [-0.2, -0.15) is 22.9 Å². The Kier molecular flexibility index (Phi) is 8.38. The lowest BCUT2D eigenvalue weighted by molar-refractivity contribution is -0.137. The number of nitrogens with zero attached hydrogens (tertiary/aromatic N) is 3. The molecule has 10 heteroatoms. The topological polar surface area (TPSA) is 65.7 Å². The summed E-state index contributed by atoms with van der Waals surface area (Å²) in [7, 11) is 1.46. The van der Waals surface area contributed by atoms with E-state index in [9.17, 15) is 22.4 Å². The third-order valence-electron chi connectivity index (χ3n) is 6.53. The van der Waals surface area contributed by atoms with Gasteiger partial charge in [0.05, 0.1) is 29.8 Å². The van der Waals surface area contributed by atoms with Crippen molar-refractivity contribution in [2.24, 2.45) is 5.10 Å². The molecule has 0 radical (unpaired) electrons. The van der Waals surface area contributed by atoms with E-state index < -0.39 is 17.3 Å². The number of para-hydroxylation sites is 1. The molecular weight excluding hydrogens is 562 g/mol. The summed E-state index contributed by atoms with van der Waals surface area (Å²) >= 11 is 0. The average Bonchev–Trinajstić information content (AvgIpc) is 2.99. The van der Waals surface area contributed by atoms with Crippen LogP contribution in [0.5, 0.6) is 11.5 Å². The van der Waals surface area contributed by atoms with Gasteiger partial charge in [-0.15, -0.1) is 6.58 Å². The van der Waals surface area contributed by atoms with Crippen molar-refractivity contribution in [2.45, 2.75) is 19.2 Å². The molecular formula is C33H25F4N3O3. The van der Waals surface area contributed by atoms with Crippen LogP contribution in [0.4, 0.5) is 17.6 Å². The van der Waals surface area contributed by atoms with Gasteiger partial charge < -0.3 is 9.47 Å². The summed E-state index contributed by atoms with van der Waals surface area (Å²) in [5.74, 6) is 0.352. The molecule has 4 aromatic carbocycles. The first kappa shape index (κ1) is 29.2. The normalized spacial score (nSPS) is 11.7. The standard InChI is InChI=1S/C33H25F4N3O3/c1-3-8-23-15-22(17-29(42-2)30(23)43-20-21-9-6-12-26(34)16-21)19-38-40-31(24-10-7-11-25(18-24)33(35,36)37)39-28-14-5-4-13-27(28)32(40)41/h3-7,9-19H,1,8,20H2,2H3. The van der Waals surface area contributed by atoms with Crippen molar-refractivity contribution in [1.29, 1.82) is 0 Å². The highest BCUT2D eigenvalue weighted by Crippen LogP contribution is 2.34. The highest BCUT2D eigenvalue weighted by molar-refractivity contribution is 5.83. The predicted octanol–water partition coefficient (Wildman–Crippen LogP) is 7.42. The molecule has 0 amide bonds. The van der Waals surface area contributed by atoms with Crippen LogP contribution < -0.4 is 15.0 Å². The monoisotopic (exact) mass is 587 g/mol. The van der Waals surface area contributed by atoms with Crippen LogP contribution in [0.1, 0.15) is 22.3 Å². The van der Waals surface area contributed by atoms with Crippen molar-refractivity contribution in [3.8, 4) is 22.9 Å². The van der Waals surface area contributed by atoms with Crippen molar-refractivity contribution >= 4 is 17.1 Å². The number of rotatable bonds is 9. The number of ether oxygens (including phenoxy) is 2. The summed E-state index contributed by atoms with van der Waals surface area (Å²) in [6.07, 6.45) is -1.13. The Bertz CT molecular complexity index is 1900. The van der Waals surface area contributed by atoms with E-state index >= 15 is 0 Å².